The van der Waals surface area contributed by atoms with Crippen LogP contribution in [0.1, 0.15) is 28.7 Å². The van der Waals surface area contributed by atoms with Gasteiger partial charge in [0.05, 0.1) is 11.6 Å². The average Bonchev–Trinajstić information content (AvgIpc) is 2.82. The summed E-state index contributed by atoms with van der Waals surface area (Å²) in [7, 11) is 0. The van der Waals surface area contributed by atoms with Crippen LogP contribution in [0.2, 0.25) is 0 Å². The fourth-order valence-electron chi connectivity index (χ4n) is 2.87. The minimum absolute atomic E-state index is 0.0177. The number of hydrogen-bond donors (Lipinski definition) is 0. The Morgan fingerprint density at radius 1 is 1.13 bits per heavy atom. The molecule has 0 spiro atoms. The molecule has 0 saturated carbocycles. The van der Waals surface area contributed by atoms with Crippen LogP contribution < -0.4 is 0 Å². The van der Waals surface area contributed by atoms with E-state index in [1.54, 1.807) is 24.3 Å². The summed E-state index contributed by atoms with van der Waals surface area (Å²) in [5, 5.41) is 8.92. The number of carbonyl (C=O) groups excluding carboxylic acids is 1. The van der Waals surface area contributed by atoms with Crippen LogP contribution in [0, 0.1) is 11.3 Å². The van der Waals surface area contributed by atoms with E-state index in [9.17, 15) is 4.79 Å². The van der Waals surface area contributed by atoms with Gasteiger partial charge in [0, 0.05) is 19.2 Å². The van der Waals surface area contributed by atoms with Gasteiger partial charge in [-0.05, 0) is 47.7 Å². The largest absolute Gasteiger partial charge is 0.335 e. The summed E-state index contributed by atoms with van der Waals surface area (Å²) in [5.74, 6) is 0.0177. The lowest BCUT2D eigenvalue weighted by molar-refractivity contribution is -0.126. The molecule has 23 heavy (non-hydrogen) atoms. The van der Waals surface area contributed by atoms with Crippen LogP contribution in [0.5, 0.6) is 0 Å². The Hall–Kier alpha value is -2.86. The van der Waals surface area contributed by atoms with E-state index in [4.69, 9.17) is 5.26 Å². The van der Waals surface area contributed by atoms with Gasteiger partial charge in [-0.15, -0.1) is 0 Å². The predicted molar refractivity (Wildman–Crippen MR) is 90.4 cm³/mol. The maximum Gasteiger partial charge on any atom is 0.246 e. The molecule has 0 N–H and O–H groups in total. The Bertz CT molecular complexity index is 786. The lowest BCUT2D eigenvalue weighted by Gasteiger charge is -2.19. The summed E-state index contributed by atoms with van der Waals surface area (Å²) >= 11 is 0. The molecule has 0 unspecified atom stereocenters. The molecule has 114 valence electrons. The smallest absolute Gasteiger partial charge is 0.246 e. The number of fused-ring (bicyclic) bond motifs is 1. The van der Waals surface area contributed by atoms with Crippen molar-refractivity contribution in [2.75, 3.05) is 6.54 Å². The van der Waals surface area contributed by atoms with E-state index in [1.807, 2.05) is 23.1 Å². The molecule has 1 aliphatic rings. The van der Waals surface area contributed by atoms with Crippen molar-refractivity contribution in [2.24, 2.45) is 0 Å². The van der Waals surface area contributed by atoms with E-state index in [0.717, 1.165) is 24.9 Å². The average molecular weight is 302 g/mol. The normalized spacial score (nSPS) is 14.1. The van der Waals surface area contributed by atoms with Gasteiger partial charge in [0.1, 0.15) is 0 Å². The number of amides is 1. The maximum absolute atomic E-state index is 12.5. The number of nitriles is 1. The van der Waals surface area contributed by atoms with E-state index in [1.165, 1.54) is 11.1 Å². The molecular formula is C20H18N2O. The molecule has 3 rings (SSSR count). The van der Waals surface area contributed by atoms with Crippen molar-refractivity contribution in [1.82, 2.24) is 4.90 Å². The Morgan fingerprint density at radius 2 is 1.96 bits per heavy atom. The van der Waals surface area contributed by atoms with E-state index in [0.29, 0.717) is 12.1 Å². The first-order chi connectivity index (χ1) is 11.3. The predicted octanol–water partition coefficient (Wildman–Crippen LogP) is 3.55. The van der Waals surface area contributed by atoms with Crippen molar-refractivity contribution < 1.29 is 4.79 Å². The van der Waals surface area contributed by atoms with Gasteiger partial charge < -0.3 is 4.90 Å². The van der Waals surface area contributed by atoms with Crippen LogP contribution in [0.3, 0.4) is 0 Å². The molecule has 2 aromatic rings. The van der Waals surface area contributed by atoms with Gasteiger partial charge in [-0.25, -0.2) is 0 Å². The highest BCUT2D eigenvalue weighted by Crippen LogP contribution is 2.18. The molecule has 0 saturated heterocycles. The number of aryl methyl sites for hydroxylation is 1. The second-order valence-corrected chi connectivity index (χ2v) is 5.70. The first-order valence-electron chi connectivity index (χ1n) is 7.80. The molecule has 3 heteroatoms. The lowest BCUT2D eigenvalue weighted by atomic mass is 10.0. The lowest BCUT2D eigenvalue weighted by Crippen LogP contribution is -2.28. The van der Waals surface area contributed by atoms with Gasteiger partial charge in [0.2, 0.25) is 5.91 Å². The highest BCUT2D eigenvalue weighted by Gasteiger charge is 2.16. The highest BCUT2D eigenvalue weighted by atomic mass is 16.2. The number of rotatable bonds is 2. The Kier molecular flexibility index (Phi) is 4.54. The Morgan fingerprint density at radius 3 is 2.78 bits per heavy atom. The van der Waals surface area contributed by atoms with Gasteiger partial charge in [-0.3, -0.25) is 4.79 Å². The minimum atomic E-state index is 0.0177. The van der Waals surface area contributed by atoms with E-state index < -0.39 is 0 Å². The maximum atomic E-state index is 12.5. The van der Waals surface area contributed by atoms with Gasteiger partial charge >= 0.3 is 0 Å². The monoisotopic (exact) mass is 302 g/mol. The van der Waals surface area contributed by atoms with Crippen LogP contribution in [0.25, 0.3) is 6.08 Å². The zero-order valence-corrected chi connectivity index (χ0v) is 12.9. The minimum Gasteiger partial charge on any atom is -0.335 e. The van der Waals surface area contributed by atoms with Crippen LogP contribution in [0.4, 0.5) is 0 Å². The van der Waals surface area contributed by atoms with Crippen molar-refractivity contribution in [2.45, 2.75) is 19.4 Å². The number of carbonyl (C=O) groups is 1. The van der Waals surface area contributed by atoms with Crippen LogP contribution in [-0.2, 0) is 17.8 Å². The van der Waals surface area contributed by atoms with Crippen molar-refractivity contribution in [1.29, 1.82) is 5.26 Å². The summed E-state index contributed by atoms with van der Waals surface area (Å²) in [6, 6.07) is 17.7. The third-order valence-corrected chi connectivity index (χ3v) is 4.10. The van der Waals surface area contributed by atoms with Crippen molar-refractivity contribution in [3.05, 3.63) is 76.9 Å². The third-order valence-electron chi connectivity index (χ3n) is 4.10. The zero-order valence-electron chi connectivity index (χ0n) is 12.9. The fourth-order valence-corrected chi connectivity index (χ4v) is 2.87. The van der Waals surface area contributed by atoms with Crippen LogP contribution in [0.15, 0.2) is 54.6 Å². The highest BCUT2D eigenvalue weighted by molar-refractivity contribution is 5.91. The number of benzene rings is 2. The molecule has 2 aromatic carbocycles. The Balaban J connectivity index is 1.73. The SMILES string of the molecule is N#Cc1cccc(/C=C/C(=O)N2CCCc3ccccc3C2)c1. The molecular weight excluding hydrogens is 284 g/mol. The van der Waals surface area contributed by atoms with Gasteiger partial charge in [-0.1, -0.05) is 36.4 Å². The van der Waals surface area contributed by atoms with Crippen molar-refractivity contribution in [3.63, 3.8) is 0 Å². The summed E-state index contributed by atoms with van der Waals surface area (Å²) in [5.41, 5.74) is 4.04. The molecule has 0 aromatic heterocycles. The van der Waals surface area contributed by atoms with Crippen LogP contribution >= 0.6 is 0 Å². The van der Waals surface area contributed by atoms with Gasteiger partial charge in [0.25, 0.3) is 0 Å². The molecule has 1 aliphatic heterocycles. The molecule has 0 fully saturated rings. The zero-order chi connectivity index (χ0) is 16.1. The second kappa shape index (κ2) is 6.93. The Labute approximate surface area is 136 Å². The molecule has 0 aliphatic carbocycles. The summed E-state index contributed by atoms with van der Waals surface area (Å²) in [6.45, 7) is 1.44. The number of hydrogen-bond acceptors (Lipinski definition) is 2. The standard InChI is InChI=1S/C20H18N2O/c21-14-17-6-3-5-16(13-17)10-11-20(23)22-12-4-9-18-7-1-2-8-19(18)15-22/h1-3,5-8,10-11,13H,4,9,12,15H2/b11-10+. The first kappa shape index (κ1) is 15.1. The molecule has 0 atom stereocenters. The van der Waals surface area contributed by atoms with E-state index in [-0.39, 0.29) is 5.91 Å². The molecule has 0 radical (unpaired) electrons. The molecule has 1 heterocycles. The molecule has 3 nitrogen and oxygen atoms in total. The second-order valence-electron chi connectivity index (χ2n) is 5.70. The van der Waals surface area contributed by atoms with E-state index in [2.05, 4.69) is 24.3 Å². The first-order valence-corrected chi connectivity index (χ1v) is 7.80. The quantitative estimate of drug-likeness (QED) is 0.796. The van der Waals surface area contributed by atoms with Gasteiger partial charge in [0.15, 0.2) is 0 Å². The van der Waals surface area contributed by atoms with Gasteiger partial charge in [-0.2, -0.15) is 5.26 Å². The summed E-state index contributed by atoms with van der Waals surface area (Å²) in [6.07, 6.45) is 5.39. The summed E-state index contributed by atoms with van der Waals surface area (Å²) < 4.78 is 0. The number of nitrogens with zero attached hydrogens (tertiary/aromatic N) is 2. The van der Waals surface area contributed by atoms with Crippen molar-refractivity contribution >= 4 is 12.0 Å². The molecule has 1 amide bonds. The van der Waals surface area contributed by atoms with Crippen LogP contribution in [-0.4, -0.2) is 17.4 Å². The van der Waals surface area contributed by atoms with Crippen molar-refractivity contribution in [3.8, 4) is 6.07 Å². The third kappa shape index (κ3) is 3.67. The molecule has 0 bridgehead atoms. The summed E-state index contributed by atoms with van der Waals surface area (Å²) in [4.78, 5) is 14.3. The van der Waals surface area contributed by atoms with E-state index >= 15 is 0 Å². The topological polar surface area (TPSA) is 44.1 Å². The fraction of sp³-hybridized carbons (Fsp3) is 0.200.